The molecule has 1 amide bonds. The minimum absolute atomic E-state index is 0.0447. The van der Waals surface area contributed by atoms with Gasteiger partial charge in [-0.1, -0.05) is 140 Å². The lowest BCUT2D eigenvalue weighted by Gasteiger charge is -2.46. The number of carbonyl (C=O) groups excluding carboxylic acids is 1. The predicted molar refractivity (Wildman–Crippen MR) is 185 cm³/mol. The summed E-state index contributed by atoms with van der Waals surface area (Å²) >= 11 is 0. The second kappa shape index (κ2) is 13.4. The number of carbonyl (C=O) groups is 2. The lowest BCUT2D eigenvalue weighted by Crippen LogP contribution is -2.70. The van der Waals surface area contributed by atoms with E-state index >= 15 is 4.79 Å². The van der Waals surface area contributed by atoms with Gasteiger partial charge in [-0.25, -0.2) is 0 Å². The summed E-state index contributed by atoms with van der Waals surface area (Å²) in [5, 5.41) is 15.1. The Morgan fingerprint density at radius 3 is 1.98 bits per heavy atom. The second-order valence-corrected chi connectivity index (χ2v) is 12.3. The molecule has 47 heavy (non-hydrogen) atoms. The number of hydrogen-bond acceptors (Lipinski definition) is 4. The molecular formula is C41H40N2O4. The second-order valence-electron chi connectivity index (χ2n) is 12.3. The van der Waals surface area contributed by atoms with Crippen LogP contribution >= 0.6 is 0 Å². The van der Waals surface area contributed by atoms with Crippen LogP contribution in [-0.2, 0) is 33.1 Å². The number of aliphatic carboxylic acids is 1. The molecule has 2 atom stereocenters. The number of carboxylic acid groups (broad SMARTS) is 1. The summed E-state index contributed by atoms with van der Waals surface area (Å²) in [7, 11) is 0. The minimum atomic E-state index is -1.92. The third-order valence-corrected chi connectivity index (χ3v) is 9.41. The third-order valence-electron chi connectivity index (χ3n) is 9.41. The quantitative estimate of drug-likeness (QED) is 0.148. The van der Waals surface area contributed by atoms with E-state index in [1.807, 2.05) is 154 Å². The zero-order valence-electron chi connectivity index (χ0n) is 27.0. The number of hydrogen-bond donors (Lipinski definition) is 2. The zero-order valence-corrected chi connectivity index (χ0v) is 27.0. The number of benzene rings is 5. The van der Waals surface area contributed by atoms with Crippen molar-refractivity contribution in [1.29, 1.82) is 0 Å². The summed E-state index contributed by atoms with van der Waals surface area (Å²) in [4.78, 5) is 31.2. The molecule has 2 unspecified atom stereocenters. The first kappa shape index (κ1) is 31.9. The van der Waals surface area contributed by atoms with Crippen LogP contribution in [0.3, 0.4) is 0 Å². The Morgan fingerprint density at radius 2 is 1.40 bits per heavy atom. The predicted octanol–water partition coefficient (Wildman–Crippen LogP) is 7.87. The van der Waals surface area contributed by atoms with Crippen molar-refractivity contribution in [3.05, 3.63) is 172 Å². The molecular weight excluding hydrogens is 584 g/mol. The molecule has 2 N–H and O–H groups in total. The number of fused-ring (bicyclic) bond motifs is 1. The van der Waals surface area contributed by atoms with E-state index in [0.717, 1.165) is 33.4 Å². The molecule has 0 radical (unpaired) electrons. The fourth-order valence-electron chi connectivity index (χ4n) is 6.85. The molecule has 0 saturated carbocycles. The van der Waals surface area contributed by atoms with Crippen LogP contribution in [0.5, 0.6) is 0 Å². The molecule has 0 aromatic heterocycles. The maximum atomic E-state index is 15.4. The molecule has 1 aliphatic heterocycles. The molecule has 1 heterocycles. The highest BCUT2D eigenvalue weighted by atomic mass is 16.5. The van der Waals surface area contributed by atoms with E-state index in [4.69, 9.17) is 4.74 Å². The summed E-state index contributed by atoms with van der Waals surface area (Å²) in [6, 6.07) is 42.3. The maximum absolute atomic E-state index is 15.4. The van der Waals surface area contributed by atoms with Crippen LogP contribution in [-0.4, -0.2) is 22.5 Å². The maximum Gasteiger partial charge on any atom is 0.327 e. The van der Waals surface area contributed by atoms with Gasteiger partial charge in [0, 0.05) is 5.56 Å². The molecule has 0 spiro atoms. The van der Waals surface area contributed by atoms with Gasteiger partial charge in [0.15, 0.2) is 5.54 Å². The Morgan fingerprint density at radius 1 is 0.830 bits per heavy atom. The average Bonchev–Trinajstić information content (AvgIpc) is 3.32. The van der Waals surface area contributed by atoms with Crippen molar-refractivity contribution in [2.24, 2.45) is 0 Å². The van der Waals surface area contributed by atoms with Gasteiger partial charge in [-0.2, -0.15) is 0 Å². The molecule has 6 rings (SSSR count). The molecule has 0 aliphatic carbocycles. The van der Waals surface area contributed by atoms with Gasteiger partial charge in [-0.05, 0) is 54.2 Å². The Kier molecular flexibility index (Phi) is 9.08. The monoisotopic (exact) mass is 624 g/mol. The van der Waals surface area contributed by atoms with Crippen molar-refractivity contribution in [3.63, 3.8) is 0 Å². The van der Waals surface area contributed by atoms with E-state index in [1.165, 1.54) is 0 Å². The smallest absolute Gasteiger partial charge is 0.327 e. The molecule has 238 valence electrons. The van der Waals surface area contributed by atoms with Gasteiger partial charge in [0.2, 0.25) is 5.60 Å². The third kappa shape index (κ3) is 5.75. The van der Waals surface area contributed by atoms with Crippen LogP contribution < -0.4 is 10.2 Å². The number of aryl methyl sites for hydroxylation is 2. The first-order chi connectivity index (χ1) is 22.8. The van der Waals surface area contributed by atoms with Gasteiger partial charge >= 0.3 is 5.97 Å². The first-order valence-corrected chi connectivity index (χ1v) is 16.1. The van der Waals surface area contributed by atoms with Gasteiger partial charge < -0.3 is 14.7 Å². The van der Waals surface area contributed by atoms with Crippen molar-refractivity contribution in [1.82, 2.24) is 5.32 Å². The molecule has 6 nitrogen and oxygen atoms in total. The normalized spacial score (nSPS) is 17.0. The molecule has 0 fully saturated rings. The zero-order chi connectivity index (χ0) is 33.0. The lowest BCUT2D eigenvalue weighted by atomic mass is 9.71. The molecule has 1 aliphatic rings. The number of carboxylic acids is 1. The van der Waals surface area contributed by atoms with E-state index < -0.39 is 29.1 Å². The van der Waals surface area contributed by atoms with Gasteiger partial charge in [-0.15, -0.1) is 0 Å². The average molecular weight is 625 g/mol. The fraction of sp³-hybridized carbons (Fsp3) is 0.220. The molecule has 5 aromatic carbocycles. The highest BCUT2D eigenvalue weighted by Gasteiger charge is 2.68. The van der Waals surface area contributed by atoms with Crippen LogP contribution in [0.25, 0.3) is 0 Å². The SMILES string of the molecule is CCC(NC(c1ccccc1)c1ccccc1)(C(=O)O)C1(OCc2ccccc2C)C(=O)N(Cc2ccccc2)c2ccc(C)cc21. The van der Waals surface area contributed by atoms with Crippen molar-refractivity contribution in [2.75, 3.05) is 4.90 Å². The van der Waals surface area contributed by atoms with E-state index in [2.05, 4.69) is 5.32 Å². The summed E-state index contributed by atoms with van der Waals surface area (Å²) < 4.78 is 6.97. The summed E-state index contributed by atoms with van der Waals surface area (Å²) in [5.41, 5.74) is 2.84. The molecule has 5 aromatic rings. The first-order valence-electron chi connectivity index (χ1n) is 16.1. The highest BCUT2D eigenvalue weighted by Crippen LogP contribution is 2.52. The van der Waals surface area contributed by atoms with Gasteiger partial charge in [0.25, 0.3) is 5.91 Å². The summed E-state index contributed by atoms with van der Waals surface area (Å²) in [6.45, 7) is 6.07. The molecule has 6 heteroatoms. The number of nitrogens with one attached hydrogen (secondary N) is 1. The van der Waals surface area contributed by atoms with E-state index in [0.29, 0.717) is 11.3 Å². The lowest BCUT2D eigenvalue weighted by molar-refractivity contribution is -0.181. The fourth-order valence-corrected chi connectivity index (χ4v) is 6.85. The molecule has 0 saturated heterocycles. The van der Waals surface area contributed by atoms with Crippen molar-refractivity contribution < 1.29 is 19.4 Å². The summed E-state index contributed by atoms with van der Waals surface area (Å²) in [6.07, 6.45) is 0.0601. The van der Waals surface area contributed by atoms with Crippen molar-refractivity contribution in [3.8, 4) is 0 Å². The number of amides is 1. The minimum Gasteiger partial charge on any atom is -0.480 e. The summed E-state index contributed by atoms with van der Waals surface area (Å²) in [5.74, 6) is -1.57. The standard InChI is InChI=1S/C41H40N2O4/c1-4-40(39(45)46,42-37(32-19-10-6-11-20-32)33-21-12-7-13-22-33)41(47-28-34-23-15-14-16-30(34)3)35-26-29(2)24-25-36(35)43(38(41)44)27-31-17-8-5-9-18-31/h5-26,37,42H,4,27-28H2,1-3H3,(H,45,46). The van der Waals surface area contributed by atoms with Crippen LogP contribution in [0.2, 0.25) is 0 Å². The van der Waals surface area contributed by atoms with E-state index in [1.54, 1.807) is 4.90 Å². The number of anilines is 1. The van der Waals surface area contributed by atoms with Crippen LogP contribution in [0.15, 0.2) is 133 Å². The van der Waals surface area contributed by atoms with Gasteiger partial charge in [0.05, 0.1) is 24.9 Å². The largest absolute Gasteiger partial charge is 0.480 e. The van der Waals surface area contributed by atoms with Crippen molar-refractivity contribution in [2.45, 2.75) is 57.5 Å². The number of ether oxygens (including phenoxy) is 1. The Hall–Kier alpha value is -5.04. The van der Waals surface area contributed by atoms with Gasteiger partial charge in [-0.3, -0.25) is 14.9 Å². The highest BCUT2D eigenvalue weighted by molar-refractivity contribution is 6.11. The Labute approximate surface area is 276 Å². The Balaban J connectivity index is 1.60. The topological polar surface area (TPSA) is 78.9 Å². The van der Waals surface area contributed by atoms with Crippen LogP contribution in [0.4, 0.5) is 5.69 Å². The van der Waals surface area contributed by atoms with E-state index in [-0.39, 0.29) is 19.6 Å². The van der Waals surface area contributed by atoms with E-state index in [9.17, 15) is 9.90 Å². The van der Waals surface area contributed by atoms with Crippen LogP contribution in [0, 0.1) is 13.8 Å². The Bertz CT molecular complexity index is 1820. The van der Waals surface area contributed by atoms with Gasteiger partial charge in [0.1, 0.15) is 0 Å². The number of nitrogens with zero attached hydrogens (tertiary/aromatic N) is 1. The van der Waals surface area contributed by atoms with Crippen LogP contribution in [0.1, 0.15) is 58.3 Å². The molecule has 0 bridgehead atoms. The van der Waals surface area contributed by atoms with Crippen molar-refractivity contribution >= 4 is 17.6 Å². The number of rotatable bonds is 12.